The van der Waals surface area contributed by atoms with Crippen LogP contribution in [-0.2, 0) is 4.79 Å². The van der Waals surface area contributed by atoms with Crippen LogP contribution in [0.25, 0.3) is 0 Å². The summed E-state index contributed by atoms with van der Waals surface area (Å²) in [6.07, 6.45) is 0. The summed E-state index contributed by atoms with van der Waals surface area (Å²) in [7, 11) is 0. The van der Waals surface area contributed by atoms with Crippen molar-refractivity contribution in [3.63, 3.8) is 0 Å². The van der Waals surface area contributed by atoms with Crippen molar-refractivity contribution in [3.8, 4) is 6.07 Å². The van der Waals surface area contributed by atoms with Gasteiger partial charge in [-0.2, -0.15) is 5.26 Å². The van der Waals surface area contributed by atoms with Crippen molar-refractivity contribution in [2.45, 2.75) is 26.8 Å². The van der Waals surface area contributed by atoms with Crippen molar-refractivity contribution in [1.82, 2.24) is 4.90 Å². The van der Waals surface area contributed by atoms with Gasteiger partial charge in [0.15, 0.2) is 0 Å². The zero-order chi connectivity index (χ0) is 13.5. The summed E-state index contributed by atoms with van der Waals surface area (Å²) in [5.41, 5.74) is 1.25. The molecule has 0 spiro atoms. The predicted molar refractivity (Wildman–Crippen MR) is 72.2 cm³/mol. The van der Waals surface area contributed by atoms with Crippen LogP contribution in [0.1, 0.15) is 26.3 Å². The van der Waals surface area contributed by atoms with Crippen LogP contribution < -0.4 is 5.32 Å². The number of nitriles is 1. The Labute approximate surface area is 108 Å². The molecule has 1 atom stereocenters. The Bertz CT molecular complexity index is 447. The van der Waals surface area contributed by atoms with Crippen molar-refractivity contribution in [1.29, 1.82) is 5.26 Å². The molecule has 96 valence electrons. The topological polar surface area (TPSA) is 56.1 Å². The van der Waals surface area contributed by atoms with Crippen LogP contribution in [0.3, 0.4) is 0 Å². The van der Waals surface area contributed by atoms with Gasteiger partial charge in [0.25, 0.3) is 0 Å². The molecule has 1 rings (SSSR count). The molecule has 0 fully saturated rings. The fourth-order valence-corrected chi connectivity index (χ4v) is 1.81. The fourth-order valence-electron chi connectivity index (χ4n) is 1.81. The minimum atomic E-state index is -0.334. The molecule has 1 aromatic rings. The van der Waals surface area contributed by atoms with Crippen LogP contribution in [0.5, 0.6) is 0 Å². The zero-order valence-corrected chi connectivity index (χ0v) is 11.1. The maximum absolute atomic E-state index is 12.1. The Kier molecular flexibility index (Phi) is 5.19. The third-order valence-corrected chi connectivity index (χ3v) is 2.87. The maximum Gasteiger partial charge on any atom is 0.244 e. The van der Waals surface area contributed by atoms with Crippen molar-refractivity contribution in [3.05, 3.63) is 29.8 Å². The van der Waals surface area contributed by atoms with Crippen molar-refractivity contribution in [2.75, 3.05) is 18.4 Å². The second kappa shape index (κ2) is 6.65. The quantitative estimate of drug-likeness (QED) is 0.865. The Hall–Kier alpha value is -2.02. The maximum atomic E-state index is 12.1. The van der Waals surface area contributed by atoms with E-state index in [4.69, 9.17) is 5.26 Å². The summed E-state index contributed by atoms with van der Waals surface area (Å²) < 4.78 is 0. The highest BCUT2D eigenvalue weighted by Gasteiger charge is 2.18. The molecular formula is C14H19N3O. The first-order chi connectivity index (χ1) is 8.63. The second-order valence-corrected chi connectivity index (χ2v) is 4.03. The van der Waals surface area contributed by atoms with Crippen LogP contribution in [0.2, 0.25) is 0 Å². The highest BCUT2D eigenvalue weighted by atomic mass is 16.2. The van der Waals surface area contributed by atoms with E-state index in [1.165, 1.54) is 0 Å². The highest BCUT2D eigenvalue weighted by molar-refractivity contribution is 5.84. The monoisotopic (exact) mass is 245 g/mol. The molecule has 4 heteroatoms. The number of anilines is 1. The number of carbonyl (C=O) groups excluding carboxylic acids is 1. The van der Waals surface area contributed by atoms with Gasteiger partial charge in [0.2, 0.25) is 5.91 Å². The molecular weight excluding hydrogens is 226 g/mol. The van der Waals surface area contributed by atoms with Gasteiger partial charge < -0.3 is 10.2 Å². The summed E-state index contributed by atoms with van der Waals surface area (Å²) >= 11 is 0. The molecule has 0 heterocycles. The first-order valence-corrected chi connectivity index (χ1v) is 6.18. The number of rotatable bonds is 5. The lowest BCUT2D eigenvalue weighted by Crippen LogP contribution is -2.41. The summed E-state index contributed by atoms with van der Waals surface area (Å²) in [5, 5.41) is 12.1. The number of nitrogens with one attached hydrogen (secondary N) is 1. The molecule has 1 N–H and O–H groups in total. The third-order valence-electron chi connectivity index (χ3n) is 2.87. The lowest BCUT2D eigenvalue weighted by atomic mass is 10.1. The van der Waals surface area contributed by atoms with Crippen LogP contribution >= 0.6 is 0 Å². The Morgan fingerprint density at radius 1 is 1.39 bits per heavy atom. The third kappa shape index (κ3) is 3.24. The molecule has 1 aromatic carbocycles. The van der Waals surface area contributed by atoms with E-state index in [1.807, 2.05) is 32.9 Å². The van der Waals surface area contributed by atoms with Gasteiger partial charge in [-0.1, -0.05) is 12.1 Å². The summed E-state index contributed by atoms with van der Waals surface area (Å²) in [6, 6.07) is 8.97. The molecule has 0 aliphatic rings. The second-order valence-electron chi connectivity index (χ2n) is 4.03. The number of para-hydroxylation sites is 1. The average Bonchev–Trinajstić information content (AvgIpc) is 2.40. The minimum Gasteiger partial charge on any atom is -0.373 e. The van der Waals surface area contributed by atoms with E-state index in [0.717, 1.165) is 0 Å². The fraction of sp³-hybridized carbons (Fsp3) is 0.429. The normalized spacial score (nSPS) is 11.4. The van der Waals surface area contributed by atoms with Gasteiger partial charge in [-0.15, -0.1) is 0 Å². The van der Waals surface area contributed by atoms with E-state index >= 15 is 0 Å². The average molecular weight is 245 g/mol. The molecule has 18 heavy (non-hydrogen) atoms. The van der Waals surface area contributed by atoms with E-state index in [2.05, 4.69) is 11.4 Å². The molecule has 0 aliphatic heterocycles. The van der Waals surface area contributed by atoms with E-state index < -0.39 is 0 Å². The molecule has 1 unspecified atom stereocenters. The molecule has 0 saturated heterocycles. The summed E-state index contributed by atoms with van der Waals surface area (Å²) in [5.74, 6) is 0.0488. The number of benzene rings is 1. The van der Waals surface area contributed by atoms with Gasteiger partial charge in [0.05, 0.1) is 11.3 Å². The zero-order valence-electron chi connectivity index (χ0n) is 11.1. The van der Waals surface area contributed by atoms with Crippen molar-refractivity contribution < 1.29 is 4.79 Å². The van der Waals surface area contributed by atoms with Gasteiger partial charge in [0.1, 0.15) is 12.1 Å². The van der Waals surface area contributed by atoms with E-state index in [9.17, 15) is 4.79 Å². The Morgan fingerprint density at radius 2 is 2.00 bits per heavy atom. The lowest BCUT2D eigenvalue weighted by Gasteiger charge is -2.24. The number of nitrogens with zero attached hydrogens (tertiary/aromatic N) is 2. The molecule has 0 aliphatic carbocycles. The van der Waals surface area contributed by atoms with Crippen LogP contribution in [0.15, 0.2) is 24.3 Å². The Balaban J connectivity index is 2.79. The number of amides is 1. The molecule has 0 bridgehead atoms. The molecule has 4 nitrogen and oxygen atoms in total. The smallest absolute Gasteiger partial charge is 0.244 e. The van der Waals surface area contributed by atoms with E-state index in [-0.39, 0.29) is 11.9 Å². The van der Waals surface area contributed by atoms with E-state index in [0.29, 0.717) is 24.3 Å². The first kappa shape index (κ1) is 14.0. The van der Waals surface area contributed by atoms with E-state index in [1.54, 1.807) is 17.0 Å². The SMILES string of the molecule is CCN(CC)C(=O)C(C)Nc1ccccc1C#N. The summed E-state index contributed by atoms with van der Waals surface area (Å²) in [6.45, 7) is 7.12. The van der Waals surface area contributed by atoms with Crippen LogP contribution in [-0.4, -0.2) is 29.9 Å². The largest absolute Gasteiger partial charge is 0.373 e. The highest BCUT2D eigenvalue weighted by Crippen LogP contribution is 2.15. The first-order valence-electron chi connectivity index (χ1n) is 6.18. The summed E-state index contributed by atoms with van der Waals surface area (Å²) in [4.78, 5) is 13.9. The van der Waals surface area contributed by atoms with Crippen molar-refractivity contribution in [2.24, 2.45) is 0 Å². The molecule has 0 radical (unpaired) electrons. The van der Waals surface area contributed by atoms with Gasteiger partial charge >= 0.3 is 0 Å². The minimum absolute atomic E-state index is 0.0488. The predicted octanol–water partition coefficient (Wildman–Crippen LogP) is 2.23. The number of hydrogen-bond acceptors (Lipinski definition) is 3. The Morgan fingerprint density at radius 3 is 2.56 bits per heavy atom. The van der Waals surface area contributed by atoms with Crippen LogP contribution in [0, 0.1) is 11.3 Å². The van der Waals surface area contributed by atoms with Crippen molar-refractivity contribution >= 4 is 11.6 Å². The van der Waals surface area contributed by atoms with Gasteiger partial charge in [-0.25, -0.2) is 0 Å². The molecule has 1 amide bonds. The van der Waals surface area contributed by atoms with Gasteiger partial charge in [-0.05, 0) is 32.9 Å². The standard InChI is InChI=1S/C14H19N3O/c1-4-17(5-2)14(18)11(3)16-13-9-7-6-8-12(13)10-15/h6-9,11,16H,4-5H2,1-3H3. The molecule has 0 saturated carbocycles. The van der Waals surface area contributed by atoms with Crippen LogP contribution in [0.4, 0.5) is 5.69 Å². The number of hydrogen-bond donors (Lipinski definition) is 1. The number of likely N-dealkylation sites (N-methyl/N-ethyl adjacent to an activating group) is 1. The van der Waals surface area contributed by atoms with Gasteiger partial charge in [-0.3, -0.25) is 4.79 Å². The van der Waals surface area contributed by atoms with Gasteiger partial charge in [0, 0.05) is 13.1 Å². The lowest BCUT2D eigenvalue weighted by molar-refractivity contribution is -0.131. The molecule has 0 aromatic heterocycles. The number of carbonyl (C=O) groups is 1.